The van der Waals surface area contributed by atoms with Crippen LogP contribution in [0.5, 0.6) is 0 Å². The Labute approximate surface area is 127 Å². The van der Waals surface area contributed by atoms with Gasteiger partial charge in [0, 0.05) is 11.1 Å². The lowest BCUT2D eigenvalue weighted by Gasteiger charge is -2.04. The number of amides is 2. The van der Waals surface area contributed by atoms with Crippen molar-refractivity contribution in [2.75, 3.05) is 6.54 Å². The Morgan fingerprint density at radius 3 is 2.80 bits per heavy atom. The zero-order valence-corrected chi connectivity index (χ0v) is 13.0. The Hall–Kier alpha value is -1.67. The minimum atomic E-state index is -0.434. The number of aryl methyl sites for hydroxylation is 1. The fourth-order valence-electron chi connectivity index (χ4n) is 1.40. The van der Waals surface area contributed by atoms with Gasteiger partial charge >= 0.3 is 0 Å². The molecule has 0 aromatic carbocycles. The predicted molar refractivity (Wildman–Crippen MR) is 77.4 cm³/mol. The molecule has 0 aliphatic rings. The maximum absolute atomic E-state index is 11.6. The maximum atomic E-state index is 11.6. The molecule has 0 radical (unpaired) electrons. The fourth-order valence-corrected chi connectivity index (χ4v) is 2.42. The van der Waals surface area contributed by atoms with Crippen LogP contribution >= 0.6 is 27.3 Å². The maximum Gasteiger partial charge on any atom is 0.287 e. The molecule has 6 nitrogen and oxygen atoms in total. The number of halogens is 1. The monoisotopic (exact) mass is 357 g/mol. The summed E-state index contributed by atoms with van der Waals surface area (Å²) in [6, 6.07) is 3.13. The first kappa shape index (κ1) is 14.7. The summed E-state index contributed by atoms with van der Waals surface area (Å²) in [5.74, 6) is -0.562. The quantitative estimate of drug-likeness (QED) is 0.855. The van der Waals surface area contributed by atoms with E-state index >= 15 is 0 Å². The Morgan fingerprint density at radius 2 is 2.20 bits per heavy atom. The molecule has 0 saturated carbocycles. The first-order valence-electron chi connectivity index (χ1n) is 5.76. The van der Waals surface area contributed by atoms with E-state index in [1.165, 1.54) is 17.4 Å². The minimum Gasteiger partial charge on any atom is -0.444 e. The van der Waals surface area contributed by atoms with Gasteiger partial charge in [-0.05, 0) is 35.0 Å². The molecule has 0 fully saturated rings. The van der Waals surface area contributed by atoms with Crippen molar-refractivity contribution in [3.05, 3.63) is 38.6 Å². The van der Waals surface area contributed by atoms with Gasteiger partial charge in [-0.15, -0.1) is 11.3 Å². The van der Waals surface area contributed by atoms with Crippen LogP contribution in [0.2, 0.25) is 0 Å². The molecule has 0 unspecified atom stereocenters. The second-order valence-corrected chi connectivity index (χ2v) is 5.67. The molecule has 0 spiro atoms. The molecule has 2 heterocycles. The molecule has 0 aliphatic heterocycles. The fraction of sp³-hybridized carbons (Fsp3) is 0.250. The molecule has 2 rings (SSSR count). The second-order valence-electron chi connectivity index (χ2n) is 3.95. The largest absolute Gasteiger partial charge is 0.444 e. The number of hydrogen-bond acceptors (Lipinski definition) is 5. The molecule has 2 amide bonds. The number of aromatic nitrogens is 1. The lowest BCUT2D eigenvalue weighted by molar-refractivity contribution is -0.120. The summed E-state index contributed by atoms with van der Waals surface area (Å²) in [4.78, 5) is 27.4. The molecular formula is C12H12BrN3O3S. The van der Waals surface area contributed by atoms with Crippen molar-refractivity contribution in [1.29, 1.82) is 0 Å². The van der Waals surface area contributed by atoms with Gasteiger partial charge in [-0.3, -0.25) is 9.59 Å². The number of rotatable bonds is 5. The van der Waals surface area contributed by atoms with Crippen LogP contribution in [0, 0.1) is 6.92 Å². The standard InChI is InChI=1S/C12H12BrN3O3S/c1-7-6-20-11(16-7)5-14-10(17)4-15-12(18)8-2-3-9(13)19-8/h2-3,6H,4-5H2,1H3,(H,14,17)(H,15,18). The van der Waals surface area contributed by atoms with E-state index in [-0.39, 0.29) is 18.2 Å². The van der Waals surface area contributed by atoms with Crippen LogP contribution in [0.1, 0.15) is 21.3 Å². The van der Waals surface area contributed by atoms with Crippen molar-refractivity contribution in [3.63, 3.8) is 0 Å². The summed E-state index contributed by atoms with van der Waals surface area (Å²) in [6.45, 7) is 2.14. The summed E-state index contributed by atoms with van der Waals surface area (Å²) in [6.07, 6.45) is 0. The van der Waals surface area contributed by atoms with Gasteiger partial charge in [-0.25, -0.2) is 4.98 Å². The molecular weight excluding hydrogens is 346 g/mol. The van der Waals surface area contributed by atoms with Gasteiger partial charge in [0.15, 0.2) is 10.4 Å². The van der Waals surface area contributed by atoms with Gasteiger partial charge in [-0.1, -0.05) is 0 Å². The van der Waals surface area contributed by atoms with Gasteiger partial charge in [0.2, 0.25) is 5.91 Å². The van der Waals surface area contributed by atoms with Gasteiger partial charge < -0.3 is 15.1 Å². The number of nitrogens with zero attached hydrogens (tertiary/aromatic N) is 1. The van der Waals surface area contributed by atoms with E-state index in [0.29, 0.717) is 11.2 Å². The third kappa shape index (κ3) is 4.17. The van der Waals surface area contributed by atoms with Crippen molar-refractivity contribution >= 4 is 39.1 Å². The average Bonchev–Trinajstić information content (AvgIpc) is 3.02. The Kier molecular flexibility index (Phi) is 4.91. The van der Waals surface area contributed by atoms with Crippen LogP contribution in [0.25, 0.3) is 0 Å². The van der Waals surface area contributed by atoms with Crippen LogP contribution in [-0.2, 0) is 11.3 Å². The molecule has 0 atom stereocenters. The molecule has 0 aliphatic carbocycles. The van der Waals surface area contributed by atoms with Crippen LogP contribution < -0.4 is 10.6 Å². The normalized spacial score (nSPS) is 10.3. The Morgan fingerprint density at radius 1 is 1.40 bits per heavy atom. The second kappa shape index (κ2) is 6.67. The van der Waals surface area contributed by atoms with E-state index in [0.717, 1.165) is 10.7 Å². The molecule has 106 valence electrons. The highest BCUT2D eigenvalue weighted by molar-refractivity contribution is 9.10. The lowest BCUT2D eigenvalue weighted by Crippen LogP contribution is -2.36. The van der Waals surface area contributed by atoms with Crippen LogP contribution in [0.4, 0.5) is 0 Å². The summed E-state index contributed by atoms with van der Waals surface area (Å²) in [5, 5.41) is 7.90. The van der Waals surface area contributed by atoms with E-state index in [9.17, 15) is 9.59 Å². The highest BCUT2D eigenvalue weighted by Gasteiger charge is 2.11. The molecule has 8 heteroatoms. The third-order valence-corrected chi connectivity index (χ3v) is 3.70. The topological polar surface area (TPSA) is 84.2 Å². The molecule has 0 saturated heterocycles. The Bertz CT molecular complexity index is 623. The smallest absolute Gasteiger partial charge is 0.287 e. The number of nitrogens with one attached hydrogen (secondary N) is 2. The van der Waals surface area contributed by atoms with E-state index in [2.05, 4.69) is 31.5 Å². The number of carbonyl (C=O) groups excluding carboxylic acids is 2. The first-order chi connectivity index (χ1) is 9.54. The summed E-state index contributed by atoms with van der Waals surface area (Å²) in [7, 11) is 0. The average molecular weight is 358 g/mol. The van der Waals surface area contributed by atoms with Crippen molar-refractivity contribution in [1.82, 2.24) is 15.6 Å². The van der Waals surface area contributed by atoms with Gasteiger partial charge in [0.1, 0.15) is 5.01 Å². The number of hydrogen-bond donors (Lipinski definition) is 2. The first-order valence-corrected chi connectivity index (χ1v) is 7.43. The van der Waals surface area contributed by atoms with Crippen LogP contribution in [0.15, 0.2) is 26.6 Å². The van der Waals surface area contributed by atoms with Crippen molar-refractivity contribution in [2.24, 2.45) is 0 Å². The molecule has 20 heavy (non-hydrogen) atoms. The summed E-state index contributed by atoms with van der Waals surface area (Å²) >= 11 is 4.58. The molecule has 2 aromatic rings. The van der Waals surface area contributed by atoms with Crippen molar-refractivity contribution < 1.29 is 14.0 Å². The predicted octanol–water partition coefficient (Wildman–Crippen LogP) is 1.85. The zero-order chi connectivity index (χ0) is 14.5. The highest BCUT2D eigenvalue weighted by Crippen LogP contribution is 2.13. The number of thiazole rings is 1. The zero-order valence-electron chi connectivity index (χ0n) is 10.6. The van der Waals surface area contributed by atoms with E-state index < -0.39 is 5.91 Å². The van der Waals surface area contributed by atoms with Gasteiger partial charge in [0.25, 0.3) is 5.91 Å². The minimum absolute atomic E-state index is 0.110. The highest BCUT2D eigenvalue weighted by atomic mass is 79.9. The molecule has 2 aromatic heterocycles. The lowest BCUT2D eigenvalue weighted by atomic mass is 10.4. The summed E-state index contributed by atoms with van der Waals surface area (Å²) < 4.78 is 5.54. The number of carbonyl (C=O) groups is 2. The van der Waals surface area contributed by atoms with Gasteiger partial charge in [-0.2, -0.15) is 0 Å². The SMILES string of the molecule is Cc1csc(CNC(=O)CNC(=O)c2ccc(Br)o2)n1. The molecule has 0 bridgehead atoms. The van der Waals surface area contributed by atoms with Crippen LogP contribution in [0.3, 0.4) is 0 Å². The van der Waals surface area contributed by atoms with E-state index in [1.54, 1.807) is 6.07 Å². The Balaban J connectivity index is 1.73. The van der Waals surface area contributed by atoms with Crippen molar-refractivity contribution in [3.8, 4) is 0 Å². The van der Waals surface area contributed by atoms with Gasteiger partial charge in [0.05, 0.1) is 13.1 Å². The van der Waals surface area contributed by atoms with E-state index in [1.807, 2.05) is 12.3 Å². The van der Waals surface area contributed by atoms with Crippen molar-refractivity contribution in [2.45, 2.75) is 13.5 Å². The molecule has 2 N–H and O–H groups in total. The third-order valence-electron chi connectivity index (χ3n) is 2.31. The van der Waals surface area contributed by atoms with Crippen LogP contribution in [-0.4, -0.2) is 23.3 Å². The summed E-state index contributed by atoms with van der Waals surface area (Å²) in [5.41, 5.74) is 0.927. The number of furan rings is 1. The van der Waals surface area contributed by atoms with E-state index in [4.69, 9.17) is 4.42 Å².